The van der Waals surface area contributed by atoms with Gasteiger partial charge in [0, 0.05) is 18.9 Å². The van der Waals surface area contributed by atoms with E-state index in [4.69, 9.17) is 14.2 Å². The number of hydrogen-bond acceptors (Lipinski definition) is 6. The number of hydrogen-bond donors (Lipinski definition) is 1. The number of esters is 1. The molecule has 0 spiro atoms. The molecule has 0 bridgehead atoms. The van der Waals surface area contributed by atoms with Crippen LogP contribution in [0.2, 0.25) is 0 Å². The highest BCUT2D eigenvalue weighted by Gasteiger charge is 2.38. The number of methoxy groups -OCH3 is 1. The molecule has 0 unspecified atom stereocenters. The molecule has 0 amide bonds. The number of ether oxygens (including phenoxy) is 3. The fourth-order valence-corrected chi connectivity index (χ4v) is 2.87. The minimum Gasteiger partial charge on any atom is -0.507 e. The average Bonchev–Trinajstić information content (AvgIpc) is 3.27. The maximum atomic E-state index is 12.5. The third-order valence-electron chi connectivity index (χ3n) is 4.17. The lowest BCUT2D eigenvalue weighted by molar-refractivity contribution is -0.114. The first-order valence-corrected chi connectivity index (χ1v) is 8.12. The number of epoxide rings is 1. The van der Waals surface area contributed by atoms with E-state index < -0.39 is 5.97 Å². The third kappa shape index (κ3) is 4.09. The standard InChI is InChI=1S/C19H20O6/c1-11-7-17-16(25-17)6-4-3-5-13(20)8-12-9-14(23-2)10-15(21)18(12)19(22)24-11/h3-6,9-11,16-17,21H,7-8H2,1-2H3/b5-3+,6-4-/t11-,16-,17-/m1/s1. The van der Waals surface area contributed by atoms with E-state index in [2.05, 4.69) is 0 Å². The first-order valence-electron chi connectivity index (χ1n) is 8.12. The number of aromatic hydroxyl groups is 1. The van der Waals surface area contributed by atoms with Crippen molar-refractivity contribution in [3.8, 4) is 11.5 Å². The second-order valence-electron chi connectivity index (χ2n) is 6.16. The maximum absolute atomic E-state index is 12.5. The first-order chi connectivity index (χ1) is 12.0. The minimum atomic E-state index is -0.663. The van der Waals surface area contributed by atoms with Gasteiger partial charge in [-0.25, -0.2) is 4.79 Å². The second kappa shape index (κ2) is 7.11. The molecule has 2 aliphatic rings. The molecule has 3 atom stereocenters. The van der Waals surface area contributed by atoms with Crippen LogP contribution >= 0.6 is 0 Å². The van der Waals surface area contributed by atoms with Crippen LogP contribution in [0.25, 0.3) is 0 Å². The lowest BCUT2D eigenvalue weighted by Crippen LogP contribution is -2.19. The van der Waals surface area contributed by atoms with Gasteiger partial charge < -0.3 is 19.3 Å². The zero-order valence-electron chi connectivity index (χ0n) is 14.1. The van der Waals surface area contributed by atoms with E-state index in [9.17, 15) is 14.7 Å². The molecule has 132 valence electrons. The summed E-state index contributed by atoms with van der Waals surface area (Å²) < 4.78 is 16.0. The summed E-state index contributed by atoms with van der Waals surface area (Å²) in [5.74, 6) is -0.769. The minimum absolute atomic E-state index is 0.00438. The molecule has 6 heteroatoms. The summed E-state index contributed by atoms with van der Waals surface area (Å²) in [5, 5.41) is 10.2. The van der Waals surface area contributed by atoms with Crippen LogP contribution in [0.3, 0.4) is 0 Å². The van der Waals surface area contributed by atoms with Gasteiger partial charge in [-0.05, 0) is 24.6 Å². The lowest BCUT2D eigenvalue weighted by atomic mass is 10.00. The van der Waals surface area contributed by atoms with Crippen molar-refractivity contribution >= 4 is 11.8 Å². The predicted molar refractivity (Wildman–Crippen MR) is 89.8 cm³/mol. The van der Waals surface area contributed by atoms with Crippen LogP contribution in [0.5, 0.6) is 11.5 Å². The predicted octanol–water partition coefficient (Wildman–Crippen LogP) is 2.34. The van der Waals surface area contributed by atoms with Crippen molar-refractivity contribution in [1.82, 2.24) is 0 Å². The molecule has 1 saturated heterocycles. The Hall–Kier alpha value is -2.60. The van der Waals surface area contributed by atoms with Crippen LogP contribution in [0.4, 0.5) is 0 Å². The maximum Gasteiger partial charge on any atom is 0.342 e. The average molecular weight is 344 g/mol. The molecule has 2 aliphatic heterocycles. The number of ketones is 1. The molecule has 0 saturated carbocycles. The van der Waals surface area contributed by atoms with Crippen molar-refractivity contribution in [2.24, 2.45) is 0 Å². The van der Waals surface area contributed by atoms with Gasteiger partial charge in [0.05, 0.1) is 13.2 Å². The Bertz CT molecular complexity index is 749. The summed E-state index contributed by atoms with van der Waals surface area (Å²) >= 11 is 0. The van der Waals surface area contributed by atoms with Crippen molar-refractivity contribution in [2.75, 3.05) is 7.11 Å². The molecule has 1 fully saturated rings. The van der Waals surface area contributed by atoms with Crippen molar-refractivity contribution in [1.29, 1.82) is 0 Å². The third-order valence-corrected chi connectivity index (χ3v) is 4.17. The van der Waals surface area contributed by atoms with Crippen molar-refractivity contribution < 1.29 is 28.9 Å². The number of allylic oxidation sites excluding steroid dienone is 3. The highest BCUT2D eigenvalue weighted by molar-refractivity contribution is 5.98. The molecule has 6 nitrogen and oxygen atoms in total. The van der Waals surface area contributed by atoms with Crippen LogP contribution in [0, 0.1) is 0 Å². The molecule has 3 rings (SSSR count). The summed E-state index contributed by atoms with van der Waals surface area (Å²) in [5.41, 5.74) is 0.362. The smallest absolute Gasteiger partial charge is 0.342 e. The highest BCUT2D eigenvalue weighted by Crippen LogP contribution is 2.32. The van der Waals surface area contributed by atoms with Gasteiger partial charge in [0.15, 0.2) is 5.78 Å². The number of carbonyl (C=O) groups is 2. The topological polar surface area (TPSA) is 85.4 Å². The number of phenols is 1. The zero-order chi connectivity index (χ0) is 18.0. The van der Waals surface area contributed by atoms with Crippen LogP contribution in [-0.4, -0.2) is 42.3 Å². The van der Waals surface area contributed by atoms with Gasteiger partial charge in [-0.1, -0.05) is 18.2 Å². The van der Waals surface area contributed by atoms with Crippen molar-refractivity contribution in [3.63, 3.8) is 0 Å². The number of carbonyl (C=O) groups excluding carboxylic acids is 2. The molecule has 0 aliphatic carbocycles. The summed E-state index contributed by atoms with van der Waals surface area (Å²) in [7, 11) is 1.45. The molecule has 2 heterocycles. The van der Waals surface area contributed by atoms with Gasteiger partial charge in [0.1, 0.15) is 29.3 Å². The second-order valence-corrected chi connectivity index (χ2v) is 6.16. The van der Waals surface area contributed by atoms with Gasteiger partial charge in [-0.15, -0.1) is 0 Å². The molecular weight excluding hydrogens is 324 g/mol. The molecule has 0 aromatic heterocycles. The van der Waals surface area contributed by atoms with Gasteiger partial charge in [-0.2, -0.15) is 0 Å². The molecule has 1 N–H and O–H groups in total. The normalized spacial score (nSPS) is 28.8. The van der Waals surface area contributed by atoms with E-state index in [0.717, 1.165) is 0 Å². The van der Waals surface area contributed by atoms with Gasteiger partial charge in [0.2, 0.25) is 0 Å². The fourth-order valence-electron chi connectivity index (χ4n) is 2.87. The van der Waals surface area contributed by atoms with Crippen LogP contribution in [0.1, 0.15) is 29.3 Å². The summed E-state index contributed by atoms with van der Waals surface area (Å²) in [4.78, 5) is 24.7. The van der Waals surface area contributed by atoms with Crippen molar-refractivity contribution in [2.45, 2.75) is 38.1 Å². The van der Waals surface area contributed by atoms with E-state index >= 15 is 0 Å². The quantitative estimate of drug-likeness (QED) is 0.622. The van der Waals surface area contributed by atoms with E-state index in [1.165, 1.54) is 19.3 Å². The number of rotatable bonds is 1. The number of benzene rings is 1. The lowest BCUT2D eigenvalue weighted by Gasteiger charge is -2.16. The van der Waals surface area contributed by atoms with E-state index in [1.807, 2.05) is 6.08 Å². The molecule has 1 aromatic carbocycles. The molecular formula is C19H20O6. The van der Waals surface area contributed by atoms with E-state index in [0.29, 0.717) is 17.7 Å². The molecule has 1 aromatic rings. The largest absolute Gasteiger partial charge is 0.507 e. The summed E-state index contributed by atoms with van der Waals surface area (Å²) in [6.07, 6.45) is 6.84. The fraction of sp³-hybridized carbons (Fsp3) is 0.368. The Morgan fingerprint density at radius 3 is 2.80 bits per heavy atom. The Balaban J connectivity index is 1.97. The van der Waals surface area contributed by atoms with Crippen LogP contribution in [0.15, 0.2) is 36.4 Å². The Morgan fingerprint density at radius 1 is 1.24 bits per heavy atom. The SMILES string of the molecule is COc1cc(O)c2c(c1)CC(=O)/C=C/C=C\[C@H]1O[C@@H]1C[C@@H](C)OC2=O. The highest BCUT2D eigenvalue weighted by atomic mass is 16.6. The van der Waals surface area contributed by atoms with Gasteiger partial charge in [0.25, 0.3) is 0 Å². The molecule has 0 radical (unpaired) electrons. The Kier molecular flexibility index (Phi) is 4.90. The number of fused-ring (bicyclic) bond motifs is 2. The number of phenolic OH excluding ortho intramolecular Hbond substituents is 1. The van der Waals surface area contributed by atoms with Crippen LogP contribution in [-0.2, 0) is 20.7 Å². The number of cyclic esters (lactones) is 1. The Labute approximate surface area is 145 Å². The molecule has 25 heavy (non-hydrogen) atoms. The summed E-state index contributed by atoms with van der Waals surface area (Å²) in [6, 6.07) is 2.89. The van der Waals surface area contributed by atoms with Crippen molar-refractivity contribution in [3.05, 3.63) is 47.6 Å². The first kappa shape index (κ1) is 17.2. The zero-order valence-corrected chi connectivity index (χ0v) is 14.1. The van der Waals surface area contributed by atoms with E-state index in [1.54, 1.807) is 25.1 Å². The van der Waals surface area contributed by atoms with E-state index in [-0.39, 0.29) is 41.8 Å². The monoisotopic (exact) mass is 344 g/mol. The van der Waals surface area contributed by atoms with Gasteiger partial charge >= 0.3 is 5.97 Å². The Morgan fingerprint density at radius 2 is 2.04 bits per heavy atom. The summed E-state index contributed by atoms with van der Waals surface area (Å²) in [6.45, 7) is 1.78. The van der Waals surface area contributed by atoms with Crippen LogP contribution < -0.4 is 4.74 Å². The van der Waals surface area contributed by atoms with Gasteiger partial charge in [-0.3, -0.25) is 4.79 Å².